The fraction of sp³-hybridized carbons (Fsp3) is 0.385. The summed E-state index contributed by atoms with van der Waals surface area (Å²) in [5.74, 6) is -0.211. The van der Waals surface area contributed by atoms with Gasteiger partial charge in [-0.2, -0.15) is 0 Å². The largest absolute Gasteiger partial charge is 0.397 e. The van der Waals surface area contributed by atoms with Gasteiger partial charge in [0.25, 0.3) is 5.91 Å². The molecule has 4 N–H and O–H groups in total. The predicted molar refractivity (Wildman–Crippen MR) is 76.0 cm³/mol. The Kier molecular flexibility index (Phi) is 5.17. The highest BCUT2D eigenvalue weighted by Crippen LogP contribution is 2.20. The molecule has 0 heterocycles. The third kappa shape index (κ3) is 4.17. The van der Waals surface area contributed by atoms with Crippen molar-refractivity contribution in [2.45, 2.75) is 6.92 Å². The van der Waals surface area contributed by atoms with E-state index in [4.69, 9.17) is 5.73 Å². The van der Waals surface area contributed by atoms with E-state index in [-0.39, 0.29) is 18.4 Å². The van der Waals surface area contributed by atoms with Gasteiger partial charge < -0.3 is 21.3 Å². The molecule has 0 aliphatic rings. The van der Waals surface area contributed by atoms with E-state index in [2.05, 4.69) is 10.6 Å². The van der Waals surface area contributed by atoms with E-state index in [1.54, 1.807) is 32.3 Å². The van der Waals surface area contributed by atoms with Crippen LogP contribution in [0.15, 0.2) is 18.2 Å². The van der Waals surface area contributed by atoms with Gasteiger partial charge in [-0.3, -0.25) is 9.59 Å². The maximum Gasteiger partial charge on any atom is 0.253 e. The number of rotatable bonds is 5. The summed E-state index contributed by atoms with van der Waals surface area (Å²) in [5.41, 5.74) is 7.46. The number of carbonyl (C=O) groups excluding carboxylic acids is 2. The summed E-state index contributed by atoms with van der Waals surface area (Å²) in [5, 5.41) is 5.61. The number of hydrogen-bond acceptors (Lipinski definition) is 4. The van der Waals surface area contributed by atoms with Crippen molar-refractivity contribution in [3.8, 4) is 0 Å². The first-order valence-electron chi connectivity index (χ1n) is 6.07. The third-order valence-corrected chi connectivity index (χ3v) is 2.52. The van der Waals surface area contributed by atoms with Crippen molar-refractivity contribution >= 4 is 23.2 Å². The number of anilines is 2. The number of nitrogen functional groups attached to an aromatic ring is 1. The minimum Gasteiger partial charge on any atom is -0.397 e. The number of carbonyl (C=O) groups is 2. The average molecular weight is 264 g/mol. The van der Waals surface area contributed by atoms with Crippen LogP contribution < -0.4 is 16.4 Å². The lowest BCUT2D eigenvalue weighted by atomic mass is 10.1. The molecule has 1 rings (SSSR count). The van der Waals surface area contributed by atoms with Crippen LogP contribution >= 0.6 is 0 Å². The summed E-state index contributed by atoms with van der Waals surface area (Å²) in [6.07, 6.45) is 0. The molecule has 19 heavy (non-hydrogen) atoms. The van der Waals surface area contributed by atoms with Crippen molar-refractivity contribution in [1.29, 1.82) is 0 Å². The van der Waals surface area contributed by atoms with Crippen LogP contribution in [0.1, 0.15) is 17.3 Å². The van der Waals surface area contributed by atoms with Crippen molar-refractivity contribution < 1.29 is 9.59 Å². The molecule has 0 aromatic heterocycles. The summed E-state index contributed by atoms with van der Waals surface area (Å²) in [6.45, 7) is 2.60. The highest BCUT2D eigenvalue weighted by molar-refractivity contribution is 5.96. The van der Waals surface area contributed by atoms with Crippen LogP contribution in [0.4, 0.5) is 11.4 Å². The molecule has 0 saturated heterocycles. The van der Waals surface area contributed by atoms with Gasteiger partial charge in [-0.1, -0.05) is 0 Å². The van der Waals surface area contributed by atoms with Crippen molar-refractivity contribution in [1.82, 2.24) is 10.2 Å². The van der Waals surface area contributed by atoms with E-state index in [1.807, 2.05) is 6.92 Å². The van der Waals surface area contributed by atoms with Gasteiger partial charge in [0, 0.05) is 26.2 Å². The van der Waals surface area contributed by atoms with Gasteiger partial charge in [0.2, 0.25) is 5.91 Å². The summed E-state index contributed by atoms with van der Waals surface area (Å²) < 4.78 is 0. The molecule has 6 nitrogen and oxygen atoms in total. The van der Waals surface area contributed by atoms with Gasteiger partial charge in [-0.05, 0) is 25.1 Å². The smallest absolute Gasteiger partial charge is 0.253 e. The van der Waals surface area contributed by atoms with Crippen molar-refractivity contribution in [3.05, 3.63) is 23.8 Å². The molecule has 0 atom stereocenters. The van der Waals surface area contributed by atoms with Crippen LogP contribution in [0, 0.1) is 0 Å². The standard InChI is InChI=1S/C13H20N4O2/c1-4-15-12(18)8-16-11-6-5-9(7-10(11)14)13(19)17(2)3/h5-7,16H,4,8,14H2,1-3H3,(H,15,18). The van der Waals surface area contributed by atoms with Crippen LogP contribution in [0.25, 0.3) is 0 Å². The molecule has 0 aliphatic carbocycles. The molecular formula is C13H20N4O2. The summed E-state index contributed by atoms with van der Waals surface area (Å²) in [6, 6.07) is 4.98. The predicted octanol–water partition coefficient (Wildman–Crippen LogP) is 0.519. The third-order valence-electron chi connectivity index (χ3n) is 2.52. The van der Waals surface area contributed by atoms with Crippen LogP contribution in [0.5, 0.6) is 0 Å². The maximum atomic E-state index is 11.7. The van der Waals surface area contributed by atoms with E-state index in [0.717, 1.165) is 0 Å². The van der Waals surface area contributed by atoms with E-state index < -0.39 is 0 Å². The summed E-state index contributed by atoms with van der Waals surface area (Å²) in [7, 11) is 3.36. The van der Waals surface area contributed by atoms with Gasteiger partial charge in [-0.25, -0.2) is 0 Å². The first kappa shape index (κ1) is 14.8. The van der Waals surface area contributed by atoms with Crippen molar-refractivity contribution in [2.75, 3.05) is 38.2 Å². The first-order chi connectivity index (χ1) is 8.95. The monoisotopic (exact) mass is 264 g/mol. The van der Waals surface area contributed by atoms with Gasteiger partial charge in [-0.15, -0.1) is 0 Å². The Balaban J connectivity index is 2.72. The number of likely N-dealkylation sites (N-methyl/N-ethyl adjacent to an activating group) is 1. The van der Waals surface area contributed by atoms with E-state index in [1.165, 1.54) is 4.90 Å². The van der Waals surface area contributed by atoms with Crippen LogP contribution in [0.2, 0.25) is 0 Å². The molecule has 0 bridgehead atoms. The molecule has 2 amide bonds. The number of nitrogens with two attached hydrogens (primary N) is 1. The molecule has 6 heteroatoms. The Hall–Kier alpha value is -2.24. The zero-order valence-electron chi connectivity index (χ0n) is 11.5. The van der Waals surface area contributed by atoms with E-state index >= 15 is 0 Å². The zero-order valence-corrected chi connectivity index (χ0v) is 11.5. The molecule has 0 fully saturated rings. The van der Waals surface area contributed by atoms with Crippen LogP contribution in [-0.2, 0) is 4.79 Å². The number of nitrogens with zero attached hydrogens (tertiary/aromatic N) is 1. The van der Waals surface area contributed by atoms with Crippen molar-refractivity contribution in [2.24, 2.45) is 0 Å². The zero-order chi connectivity index (χ0) is 14.4. The topological polar surface area (TPSA) is 87.5 Å². The van der Waals surface area contributed by atoms with E-state index in [0.29, 0.717) is 23.5 Å². The lowest BCUT2D eigenvalue weighted by Crippen LogP contribution is -2.29. The molecule has 0 saturated carbocycles. The van der Waals surface area contributed by atoms with Crippen molar-refractivity contribution in [3.63, 3.8) is 0 Å². The van der Waals surface area contributed by atoms with E-state index in [9.17, 15) is 9.59 Å². The molecular weight excluding hydrogens is 244 g/mol. The number of nitrogens with one attached hydrogen (secondary N) is 2. The Morgan fingerprint density at radius 3 is 2.53 bits per heavy atom. The Morgan fingerprint density at radius 1 is 1.32 bits per heavy atom. The van der Waals surface area contributed by atoms with Gasteiger partial charge in [0.1, 0.15) is 0 Å². The fourth-order valence-electron chi connectivity index (χ4n) is 1.55. The lowest BCUT2D eigenvalue weighted by Gasteiger charge is -2.13. The summed E-state index contributed by atoms with van der Waals surface area (Å²) >= 11 is 0. The van der Waals surface area contributed by atoms with Gasteiger partial charge >= 0.3 is 0 Å². The highest BCUT2D eigenvalue weighted by Gasteiger charge is 2.10. The molecule has 0 radical (unpaired) electrons. The first-order valence-corrected chi connectivity index (χ1v) is 6.07. The molecule has 1 aromatic carbocycles. The minimum atomic E-state index is -0.109. The van der Waals surface area contributed by atoms with Gasteiger partial charge in [0.05, 0.1) is 17.9 Å². The SMILES string of the molecule is CCNC(=O)CNc1ccc(C(=O)N(C)C)cc1N. The van der Waals surface area contributed by atoms with Gasteiger partial charge in [0.15, 0.2) is 0 Å². The maximum absolute atomic E-state index is 11.7. The normalized spacial score (nSPS) is 9.84. The molecule has 104 valence electrons. The van der Waals surface area contributed by atoms with Crippen LogP contribution in [-0.4, -0.2) is 43.9 Å². The summed E-state index contributed by atoms with van der Waals surface area (Å²) in [4.78, 5) is 24.5. The average Bonchev–Trinajstić information content (AvgIpc) is 2.36. The molecule has 0 aliphatic heterocycles. The number of benzene rings is 1. The molecule has 0 spiro atoms. The second kappa shape index (κ2) is 6.63. The second-order valence-corrected chi connectivity index (χ2v) is 4.31. The highest BCUT2D eigenvalue weighted by atomic mass is 16.2. The molecule has 0 unspecified atom stereocenters. The lowest BCUT2D eigenvalue weighted by molar-refractivity contribution is -0.119. The Morgan fingerprint density at radius 2 is 2.00 bits per heavy atom. The fourth-order valence-corrected chi connectivity index (χ4v) is 1.55. The quantitative estimate of drug-likeness (QED) is 0.677. The Labute approximate surface area is 113 Å². The number of amides is 2. The Bertz CT molecular complexity index is 472. The minimum absolute atomic E-state index is 0.102. The number of hydrogen-bond donors (Lipinski definition) is 3. The van der Waals surface area contributed by atoms with Crippen LogP contribution in [0.3, 0.4) is 0 Å². The molecule has 1 aromatic rings. The second-order valence-electron chi connectivity index (χ2n) is 4.31.